The highest BCUT2D eigenvalue weighted by molar-refractivity contribution is 5.13. The van der Waals surface area contributed by atoms with Crippen LogP contribution >= 0.6 is 0 Å². The van der Waals surface area contributed by atoms with Crippen LogP contribution in [0.4, 0.5) is 0 Å². The second-order valence-electron chi connectivity index (χ2n) is 6.55. The summed E-state index contributed by atoms with van der Waals surface area (Å²) >= 11 is 0. The summed E-state index contributed by atoms with van der Waals surface area (Å²) in [5.74, 6) is 0.525. The Hall–Kier alpha value is -0.630. The first-order valence-corrected chi connectivity index (χ1v) is 8.18. The van der Waals surface area contributed by atoms with Crippen LogP contribution < -0.4 is 5.32 Å². The van der Waals surface area contributed by atoms with Gasteiger partial charge in [-0.2, -0.15) is 5.26 Å². The minimum absolute atomic E-state index is 0.253. The Labute approximate surface area is 124 Å². The van der Waals surface area contributed by atoms with Crippen LogP contribution in [-0.4, -0.2) is 61.7 Å². The van der Waals surface area contributed by atoms with E-state index in [9.17, 15) is 5.26 Å². The largest absolute Gasteiger partial charge is 0.302 e. The predicted molar refractivity (Wildman–Crippen MR) is 82.5 cm³/mol. The summed E-state index contributed by atoms with van der Waals surface area (Å²) in [5, 5.41) is 12.8. The molecule has 1 heterocycles. The van der Waals surface area contributed by atoms with Crippen LogP contribution in [-0.2, 0) is 0 Å². The van der Waals surface area contributed by atoms with Crippen molar-refractivity contribution >= 4 is 0 Å². The number of nitrogens with zero attached hydrogens (tertiary/aromatic N) is 3. The number of rotatable bonds is 5. The van der Waals surface area contributed by atoms with Gasteiger partial charge in [-0.05, 0) is 52.2 Å². The Morgan fingerprint density at radius 2 is 2.20 bits per heavy atom. The van der Waals surface area contributed by atoms with Crippen molar-refractivity contribution in [2.45, 2.75) is 50.6 Å². The van der Waals surface area contributed by atoms with Gasteiger partial charge >= 0.3 is 0 Å². The van der Waals surface area contributed by atoms with E-state index in [2.05, 4.69) is 35.2 Å². The van der Waals surface area contributed by atoms with Gasteiger partial charge < -0.3 is 15.1 Å². The molecule has 0 aromatic rings. The highest BCUT2D eigenvalue weighted by Gasteiger charge is 2.41. The predicted octanol–water partition coefficient (Wildman–Crippen LogP) is 1.68. The van der Waals surface area contributed by atoms with E-state index in [0.29, 0.717) is 12.0 Å². The molecule has 2 fully saturated rings. The van der Waals surface area contributed by atoms with Gasteiger partial charge in [-0.25, -0.2) is 0 Å². The first-order valence-electron chi connectivity index (χ1n) is 8.18. The molecule has 1 saturated heterocycles. The van der Waals surface area contributed by atoms with Crippen molar-refractivity contribution in [1.82, 2.24) is 15.1 Å². The molecule has 2 aliphatic rings. The van der Waals surface area contributed by atoms with Crippen molar-refractivity contribution in [2.24, 2.45) is 5.92 Å². The zero-order valence-electron chi connectivity index (χ0n) is 13.4. The monoisotopic (exact) mass is 278 g/mol. The Balaban J connectivity index is 1.85. The summed E-state index contributed by atoms with van der Waals surface area (Å²) in [6, 6.07) is 3.26. The van der Waals surface area contributed by atoms with E-state index in [4.69, 9.17) is 0 Å². The third-order valence-electron chi connectivity index (χ3n) is 5.59. The zero-order valence-corrected chi connectivity index (χ0v) is 13.4. The summed E-state index contributed by atoms with van der Waals surface area (Å²) in [6.45, 7) is 6.99. The van der Waals surface area contributed by atoms with Gasteiger partial charge in [-0.1, -0.05) is 13.3 Å². The SMILES string of the molecule is CCC1CN(CCC2CCCC2(C#N)NC)CCN1C. The summed E-state index contributed by atoms with van der Waals surface area (Å²) in [7, 11) is 4.19. The van der Waals surface area contributed by atoms with Gasteiger partial charge in [0.2, 0.25) is 0 Å². The molecule has 3 unspecified atom stereocenters. The lowest BCUT2D eigenvalue weighted by Gasteiger charge is -2.40. The molecule has 0 aromatic carbocycles. The number of piperazine rings is 1. The third-order valence-corrected chi connectivity index (χ3v) is 5.59. The summed E-state index contributed by atoms with van der Waals surface area (Å²) in [4.78, 5) is 5.09. The van der Waals surface area contributed by atoms with Crippen LogP contribution in [0, 0.1) is 17.2 Å². The molecule has 2 rings (SSSR count). The highest BCUT2D eigenvalue weighted by atomic mass is 15.3. The van der Waals surface area contributed by atoms with Gasteiger partial charge in [0.1, 0.15) is 5.54 Å². The van der Waals surface area contributed by atoms with Gasteiger partial charge in [-0.3, -0.25) is 0 Å². The number of nitriles is 1. The molecule has 0 bridgehead atoms. The molecule has 4 nitrogen and oxygen atoms in total. The van der Waals surface area contributed by atoms with E-state index in [1.807, 2.05) is 7.05 Å². The van der Waals surface area contributed by atoms with E-state index in [-0.39, 0.29) is 5.54 Å². The van der Waals surface area contributed by atoms with Crippen molar-refractivity contribution in [3.05, 3.63) is 0 Å². The summed E-state index contributed by atoms with van der Waals surface area (Å²) in [6.07, 6.45) is 5.81. The smallest absolute Gasteiger partial charge is 0.109 e. The average Bonchev–Trinajstić information content (AvgIpc) is 2.89. The van der Waals surface area contributed by atoms with E-state index in [1.54, 1.807) is 0 Å². The number of nitrogens with one attached hydrogen (secondary N) is 1. The van der Waals surface area contributed by atoms with Crippen molar-refractivity contribution < 1.29 is 0 Å². The van der Waals surface area contributed by atoms with E-state index < -0.39 is 0 Å². The molecular formula is C16H30N4. The third kappa shape index (κ3) is 3.16. The van der Waals surface area contributed by atoms with Gasteiger partial charge in [0.05, 0.1) is 6.07 Å². The molecule has 0 radical (unpaired) electrons. The Morgan fingerprint density at radius 1 is 1.40 bits per heavy atom. The number of likely N-dealkylation sites (N-methyl/N-ethyl adjacent to an activating group) is 1. The quantitative estimate of drug-likeness (QED) is 0.831. The lowest BCUT2D eigenvalue weighted by molar-refractivity contribution is 0.0866. The van der Waals surface area contributed by atoms with E-state index >= 15 is 0 Å². The highest BCUT2D eigenvalue weighted by Crippen LogP contribution is 2.37. The fraction of sp³-hybridized carbons (Fsp3) is 0.938. The van der Waals surface area contributed by atoms with Crippen LogP contribution in [0.5, 0.6) is 0 Å². The van der Waals surface area contributed by atoms with Gasteiger partial charge in [0.25, 0.3) is 0 Å². The second kappa shape index (κ2) is 6.89. The van der Waals surface area contributed by atoms with Crippen molar-refractivity contribution in [1.29, 1.82) is 5.26 Å². The van der Waals surface area contributed by atoms with Crippen LogP contribution in [0.25, 0.3) is 0 Å². The molecule has 1 saturated carbocycles. The van der Waals surface area contributed by atoms with Gasteiger partial charge in [0.15, 0.2) is 0 Å². The van der Waals surface area contributed by atoms with E-state index in [1.165, 1.54) is 38.9 Å². The lowest BCUT2D eigenvalue weighted by Crippen LogP contribution is -2.52. The molecule has 20 heavy (non-hydrogen) atoms. The average molecular weight is 278 g/mol. The van der Waals surface area contributed by atoms with Gasteiger partial charge in [0, 0.05) is 25.7 Å². The van der Waals surface area contributed by atoms with Crippen LogP contribution in [0.15, 0.2) is 0 Å². The molecule has 1 aliphatic heterocycles. The fourth-order valence-corrected chi connectivity index (χ4v) is 3.99. The summed E-state index contributed by atoms with van der Waals surface area (Å²) in [5.41, 5.74) is -0.253. The molecule has 3 atom stereocenters. The number of hydrogen-bond donors (Lipinski definition) is 1. The van der Waals surface area contributed by atoms with Crippen LogP contribution in [0.1, 0.15) is 39.0 Å². The van der Waals surface area contributed by atoms with Crippen molar-refractivity contribution in [2.75, 3.05) is 40.3 Å². The molecule has 114 valence electrons. The standard InChI is InChI=1S/C16H30N4/c1-4-15-12-20(11-10-19(15)3)9-7-14-6-5-8-16(14,13-17)18-2/h14-15,18H,4-12H2,1-3H3. The maximum Gasteiger partial charge on any atom is 0.109 e. The van der Waals surface area contributed by atoms with Crippen LogP contribution in [0.2, 0.25) is 0 Å². The first kappa shape index (κ1) is 15.8. The second-order valence-corrected chi connectivity index (χ2v) is 6.55. The van der Waals surface area contributed by atoms with Gasteiger partial charge in [-0.15, -0.1) is 0 Å². The summed E-state index contributed by atoms with van der Waals surface area (Å²) < 4.78 is 0. The number of hydrogen-bond acceptors (Lipinski definition) is 4. The van der Waals surface area contributed by atoms with Crippen molar-refractivity contribution in [3.63, 3.8) is 0 Å². The van der Waals surface area contributed by atoms with E-state index in [0.717, 1.165) is 19.4 Å². The first-order chi connectivity index (χ1) is 9.65. The molecular weight excluding hydrogens is 248 g/mol. The normalized spacial score (nSPS) is 36.1. The molecule has 0 amide bonds. The minimum Gasteiger partial charge on any atom is -0.302 e. The van der Waals surface area contributed by atoms with Crippen LogP contribution in [0.3, 0.4) is 0 Å². The fourth-order valence-electron chi connectivity index (χ4n) is 3.99. The Kier molecular flexibility index (Phi) is 5.42. The molecule has 1 N–H and O–H groups in total. The Bertz CT molecular complexity index is 351. The van der Waals surface area contributed by atoms with Crippen molar-refractivity contribution in [3.8, 4) is 6.07 Å². The molecule has 1 aliphatic carbocycles. The maximum atomic E-state index is 9.51. The molecule has 4 heteroatoms. The lowest BCUT2D eigenvalue weighted by atomic mass is 9.86. The minimum atomic E-state index is -0.253. The maximum absolute atomic E-state index is 9.51. The zero-order chi connectivity index (χ0) is 14.6. The topological polar surface area (TPSA) is 42.3 Å². The Morgan fingerprint density at radius 3 is 2.85 bits per heavy atom. The molecule has 0 spiro atoms. The molecule has 0 aromatic heterocycles.